The van der Waals surface area contributed by atoms with Crippen molar-refractivity contribution < 1.29 is 9.53 Å². The van der Waals surface area contributed by atoms with Crippen molar-refractivity contribution in [2.75, 3.05) is 13.7 Å². The summed E-state index contributed by atoms with van der Waals surface area (Å²) >= 11 is 0. The van der Waals surface area contributed by atoms with E-state index in [1.807, 2.05) is 30.3 Å². The monoisotopic (exact) mass is 261 g/mol. The third-order valence-corrected chi connectivity index (χ3v) is 4.36. The van der Waals surface area contributed by atoms with Crippen LogP contribution in [0.1, 0.15) is 37.7 Å². The number of benzene rings is 1. The number of carbonyl (C=O) groups is 1. The van der Waals surface area contributed by atoms with E-state index in [1.54, 1.807) is 0 Å². The average Bonchev–Trinajstić information content (AvgIpc) is 2.97. The molecule has 0 aliphatic heterocycles. The number of nitrogens with two attached hydrogens (primary N) is 1. The van der Waals surface area contributed by atoms with Crippen LogP contribution in [-0.4, -0.2) is 19.6 Å². The molecule has 1 unspecified atom stereocenters. The Kier molecular flexibility index (Phi) is 4.59. The van der Waals surface area contributed by atoms with Crippen molar-refractivity contribution in [3.05, 3.63) is 35.9 Å². The Morgan fingerprint density at radius 3 is 2.47 bits per heavy atom. The van der Waals surface area contributed by atoms with Crippen molar-refractivity contribution in [3.63, 3.8) is 0 Å². The molecule has 1 aliphatic carbocycles. The Bertz CT molecular complexity index is 412. The molecule has 1 atom stereocenters. The first-order valence-corrected chi connectivity index (χ1v) is 7.07. The largest absolute Gasteiger partial charge is 0.468 e. The van der Waals surface area contributed by atoms with Crippen LogP contribution in [0.5, 0.6) is 0 Å². The second-order valence-corrected chi connectivity index (χ2v) is 5.50. The quantitative estimate of drug-likeness (QED) is 0.829. The number of methoxy groups -OCH3 is 1. The maximum absolute atomic E-state index is 12.4. The number of ether oxygens (including phenoxy) is 1. The fourth-order valence-corrected chi connectivity index (χ4v) is 3.26. The number of carbonyl (C=O) groups excluding carboxylic acids is 1. The number of hydrogen-bond acceptors (Lipinski definition) is 3. The normalized spacial score (nSPS) is 19.1. The summed E-state index contributed by atoms with van der Waals surface area (Å²) in [7, 11) is 1.45. The predicted molar refractivity (Wildman–Crippen MR) is 75.8 cm³/mol. The highest BCUT2D eigenvalue weighted by Crippen LogP contribution is 2.38. The van der Waals surface area contributed by atoms with E-state index in [9.17, 15) is 4.79 Å². The fraction of sp³-hybridized carbons (Fsp3) is 0.562. The smallest absolute Gasteiger partial charge is 0.317 e. The van der Waals surface area contributed by atoms with Crippen molar-refractivity contribution in [1.29, 1.82) is 0 Å². The van der Waals surface area contributed by atoms with Gasteiger partial charge < -0.3 is 10.5 Å². The molecule has 0 bridgehead atoms. The third kappa shape index (κ3) is 2.81. The molecule has 0 saturated heterocycles. The van der Waals surface area contributed by atoms with Gasteiger partial charge in [0.2, 0.25) is 0 Å². The zero-order valence-corrected chi connectivity index (χ0v) is 11.6. The van der Waals surface area contributed by atoms with Gasteiger partial charge in [-0.1, -0.05) is 56.0 Å². The zero-order valence-electron chi connectivity index (χ0n) is 11.6. The molecule has 0 heterocycles. The lowest BCUT2D eigenvalue weighted by atomic mass is 9.73. The summed E-state index contributed by atoms with van der Waals surface area (Å²) < 4.78 is 5.05. The van der Waals surface area contributed by atoms with E-state index < -0.39 is 5.41 Å². The van der Waals surface area contributed by atoms with Gasteiger partial charge in [-0.25, -0.2) is 0 Å². The van der Waals surface area contributed by atoms with Crippen molar-refractivity contribution in [3.8, 4) is 0 Å². The summed E-state index contributed by atoms with van der Waals surface area (Å²) in [5, 5.41) is 0. The maximum atomic E-state index is 12.4. The summed E-state index contributed by atoms with van der Waals surface area (Å²) in [5.74, 6) is 0.385. The van der Waals surface area contributed by atoms with E-state index in [0.29, 0.717) is 12.5 Å². The van der Waals surface area contributed by atoms with Crippen molar-refractivity contribution in [2.45, 2.75) is 37.5 Å². The van der Waals surface area contributed by atoms with Gasteiger partial charge in [-0.3, -0.25) is 4.79 Å². The molecule has 3 nitrogen and oxygen atoms in total. The minimum absolute atomic E-state index is 0.201. The molecule has 2 rings (SSSR count). The predicted octanol–water partition coefficient (Wildman–Crippen LogP) is 2.64. The van der Waals surface area contributed by atoms with Gasteiger partial charge in [-0.05, 0) is 17.9 Å². The highest BCUT2D eigenvalue weighted by molar-refractivity contribution is 5.83. The van der Waals surface area contributed by atoms with Crippen LogP contribution in [0.3, 0.4) is 0 Å². The summed E-state index contributed by atoms with van der Waals surface area (Å²) in [5.41, 5.74) is 6.30. The van der Waals surface area contributed by atoms with Crippen LogP contribution in [0.4, 0.5) is 0 Å². The van der Waals surface area contributed by atoms with Crippen LogP contribution >= 0.6 is 0 Å². The van der Waals surface area contributed by atoms with Crippen LogP contribution in [0.25, 0.3) is 0 Å². The Morgan fingerprint density at radius 2 is 1.95 bits per heavy atom. The molecule has 0 spiro atoms. The second-order valence-electron chi connectivity index (χ2n) is 5.50. The minimum atomic E-state index is -0.676. The average molecular weight is 261 g/mol. The summed E-state index contributed by atoms with van der Waals surface area (Å²) in [6, 6.07) is 9.84. The molecule has 0 amide bonds. The van der Waals surface area contributed by atoms with Gasteiger partial charge >= 0.3 is 5.97 Å². The number of esters is 1. The molecule has 0 radical (unpaired) electrons. The Hall–Kier alpha value is -1.35. The van der Waals surface area contributed by atoms with Crippen molar-refractivity contribution >= 4 is 5.97 Å². The lowest BCUT2D eigenvalue weighted by Gasteiger charge is -2.32. The molecule has 1 fully saturated rings. The van der Waals surface area contributed by atoms with Crippen molar-refractivity contribution in [2.24, 2.45) is 11.7 Å². The first-order valence-electron chi connectivity index (χ1n) is 7.07. The Morgan fingerprint density at radius 1 is 1.32 bits per heavy atom. The highest BCUT2D eigenvalue weighted by Gasteiger charge is 2.42. The molecule has 3 heteroatoms. The standard InChI is InChI=1S/C16H23NO2/c1-19-15(18)16(12-17,11-13-7-5-6-8-13)14-9-3-2-4-10-14/h2-4,9-10,13H,5-8,11-12,17H2,1H3. The summed E-state index contributed by atoms with van der Waals surface area (Å²) in [6.45, 7) is 0.306. The maximum Gasteiger partial charge on any atom is 0.317 e. The van der Waals surface area contributed by atoms with Gasteiger partial charge in [0.05, 0.1) is 7.11 Å². The highest BCUT2D eigenvalue weighted by atomic mass is 16.5. The van der Waals surface area contributed by atoms with Gasteiger partial charge in [-0.15, -0.1) is 0 Å². The molecule has 2 N–H and O–H groups in total. The van der Waals surface area contributed by atoms with Crippen LogP contribution in [-0.2, 0) is 14.9 Å². The van der Waals surface area contributed by atoms with Gasteiger partial charge in [0.25, 0.3) is 0 Å². The molecule has 0 aromatic heterocycles. The van der Waals surface area contributed by atoms with Gasteiger partial charge in [-0.2, -0.15) is 0 Å². The minimum Gasteiger partial charge on any atom is -0.468 e. The van der Waals surface area contributed by atoms with E-state index >= 15 is 0 Å². The van der Waals surface area contributed by atoms with Gasteiger partial charge in [0.15, 0.2) is 0 Å². The SMILES string of the molecule is COC(=O)C(CN)(CC1CCCC1)c1ccccc1. The molecular weight excluding hydrogens is 238 g/mol. The number of hydrogen-bond donors (Lipinski definition) is 1. The Balaban J connectivity index is 2.32. The molecule has 1 saturated carbocycles. The molecular formula is C16H23NO2. The first-order chi connectivity index (χ1) is 9.23. The van der Waals surface area contributed by atoms with E-state index in [-0.39, 0.29) is 5.97 Å². The lowest BCUT2D eigenvalue weighted by Crippen LogP contribution is -2.45. The van der Waals surface area contributed by atoms with Crippen LogP contribution < -0.4 is 5.73 Å². The van der Waals surface area contributed by atoms with E-state index in [2.05, 4.69) is 0 Å². The molecule has 1 aromatic carbocycles. The van der Waals surface area contributed by atoms with Crippen LogP contribution in [0.2, 0.25) is 0 Å². The topological polar surface area (TPSA) is 52.3 Å². The van der Waals surface area contributed by atoms with Crippen molar-refractivity contribution in [1.82, 2.24) is 0 Å². The van der Waals surface area contributed by atoms with E-state index in [1.165, 1.54) is 32.8 Å². The third-order valence-electron chi connectivity index (χ3n) is 4.36. The number of rotatable bonds is 5. The summed E-state index contributed by atoms with van der Waals surface area (Å²) in [4.78, 5) is 12.4. The lowest BCUT2D eigenvalue weighted by molar-refractivity contribution is -0.148. The zero-order chi connectivity index (χ0) is 13.7. The second kappa shape index (κ2) is 6.20. The first kappa shape index (κ1) is 14.1. The molecule has 1 aromatic rings. The van der Waals surface area contributed by atoms with Gasteiger partial charge in [0.1, 0.15) is 5.41 Å². The van der Waals surface area contributed by atoms with Crippen LogP contribution in [0.15, 0.2) is 30.3 Å². The van der Waals surface area contributed by atoms with Gasteiger partial charge in [0, 0.05) is 6.54 Å². The van der Waals surface area contributed by atoms with E-state index in [0.717, 1.165) is 12.0 Å². The Labute approximate surface area is 115 Å². The van der Waals surface area contributed by atoms with Crippen LogP contribution in [0, 0.1) is 5.92 Å². The molecule has 19 heavy (non-hydrogen) atoms. The summed E-state index contributed by atoms with van der Waals surface area (Å²) in [6.07, 6.45) is 5.74. The van der Waals surface area contributed by atoms with E-state index in [4.69, 9.17) is 10.5 Å². The molecule has 104 valence electrons. The molecule has 1 aliphatic rings. The fourth-order valence-electron chi connectivity index (χ4n) is 3.26.